The van der Waals surface area contributed by atoms with Gasteiger partial charge in [0.2, 0.25) is 0 Å². The third-order valence-corrected chi connectivity index (χ3v) is 5.63. The number of aryl methyl sites for hydroxylation is 1. The van der Waals surface area contributed by atoms with Crippen LogP contribution in [0.25, 0.3) is 21.6 Å². The number of thiophene rings is 1. The summed E-state index contributed by atoms with van der Waals surface area (Å²) in [5.74, 6) is 2.56. The molecule has 0 saturated heterocycles. The third-order valence-electron chi connectivity index (χ3n) is 4.48. The highest BCUT2D eigenvalue weighted by Gasteiger charge is 2.24. The second-order valence-electron chi connectivity index (χ2n) is 6.54. The first kappa shape index (κ1) is 14.6. The molecule has 0 unspecified atom stereocenters. The molecule has 0 spiro atoms. The van der Waals surface area contributed by atoms with Crippen LogP contribution in [0, 0.1) is 5.92 Å². The summed E-state index contributed by atoms with van der Waals surface area (Å²) >= 11 is 1.85. The lowest BCUT2D eigenvalue weighted by Gasteiger charge is -2.19. The number of anilines is 1. The number of fused-ring (bicyclic) bond motifs is 3. The maximum absolute atomic E-state index is 4.86. The second-order valence-corrected chi connectivity index (χ2v) is 7.62. The molecule has 1 aliphatic rings. The minimum atomic E-state index is 0.765. The van der Waals surface area contributed by atoms with Crippen molar-refractivity contribution in [3.8, 4) is 11.4 Å². The van der Waals surface area contributed by atoms with Gasteiger partial charge >= 0.3 is 0 Å². The zero-order valence-corrected chi connectivity index (χ0v) is 14.5. The smallest absolute Gasteiger partial charge is 0.164 e. The van der Waals surface area contributed by atoms with Crippen molar-refractivity contribution in [3.63, 3.8) is 0 Å². The Labute approximate surface area is 140 Å². The molecule has 0 fully saturated rings. The summed E-state index contributed by atoms with van der Waals surface area (Å²) in [5.41, 5.74) is 2.45. The van der Waals surface area contributed by atoms with Crippen LogP contribution in [0.3, 0.4) is 0 Å². The fourth-order valence-corrected chi connectivity index (χ4v) is 4.65. The lowest BCUT2D eigenvalue weighted by Crippen LogP contribution is -2.14. The van der Waals surface area contributed by atoms with Gasteiger partial charge in [-0.25, -0.2) is 9.97 Å². The molecule has 0 amide bonds. The van der Waals surface area contributed by atoms with Crippen molar-refractivity contribution in [1.82, 2.24) is 15.0 Å². The number of hydrogen-bond acceptors (Lipinski definition) is 5. The molecule has 5 heteroatoms. The average molecular weight is 324 g/mol. The van der Waals surface area contributed by atoms with Gasteiger partial charge in [-0.2, -0.15) is 0 Å². The highest BCUT2D eigenvalue weighted by atomic mass is 32.1. The molecule has 0 N–H and O–H groups in total. The molecule has 0 saturated carbocycles. The Morgan fingerprint density at radius 1 is 1.26 bits per heavy atom. The van der Waals surface area contributed by atoms with Crippen LogP contribution in [0.2, 0.25) is 0 Å². The van der Waals surface area contributed by atoms with Gasteiger partial charge in [0.1, 0.15) is 10.6 Å². The van der Waals surface area contributed by atoms with Gasteiger partial charge in [0.15, 0.2) is 5.82 Å². The van der Waals surface area contributed by atoms with E-state index in [-0.39, 0.29) is 0 Å². The summed E-state index contributed by atoms with van der Waals surface area (Å²) in [6, 6.07) is 3.95. The largest absolute Gasteiger partial charge is 0.362 e. The number of aromatic nitrogens is 3. The van der Waals surface area contributed by atoms with Crippen molar-refractivity contribution in [2.45, 2.75) is 26.2 Å². The van der Waals surface area contributed by atoms with Crippen LogP contribution in [0.5, 0.6) is 0 Å². The van der Waals surface area contributed by atoms with E-state index in [1.807, 2.05) is 29.7 Å². The molecule has 1 atom stereocenters. The summed E-state index contributed by atoms with van der Waals surface area (Å²) in [5, 5.41) is 1.26. The van der Waals surface area contributed by atoms with Crippen molar-refractivity contribution in [3.05, 3.63) is 35.0 Å². The van der Waals surface area contributed by atoms with Crippen molar-refractivity contribution in [2.75, 3.05) is 19.0 Å². The summed E-state index contributed by atoms with van der Waals surface area (Å²) in [7, 11) is 4.12. The molecule has 0 radical (unpaired) electrons. The van der Waals surface area contributed by atoms with Gasteiger partial charge in [-0.05, 0) is 42.9 Å². The van der Waals surface area contributed by atoms with Crippen molar-refractivity contribution in [1.29, 1.82) is 0 Å². The van der Waals surface area contributed by atoms with E-state index in [4.69, 9.17) is 9.97 Å². The van der Waals surface area contributed by atoms with E-state index in [0.717, 1.165) is 34.4 Å². The first-order valence-electron chi connectivity index (χ1n) is 8.03. The number of hydrogen-bond donors (Lipinski definition) is 0. The van der Waals surface area contributed by atoms with Gasteiger partial charge in [-0.3, -0.25) is 4.98 Å². The zero-order valence-electron chi connectivity index (χ0n) is 13.7. The van der Waals surface area contributed by atoms with Crippen molar-refractivity contribution in [2.24, 2.45) is 5.92 Å². The molecule has 0 aromatic carbocycles. The lowest BCUT2D eigenvalue weighted by molar-refractivity contribution is 0.509. The maximum atomic E-state index is 4.86. The van der Waals surface area contributed by atoms with E-state index < -0.39 is 0 Å². The van der Waals surface area contributed by atoms with Crippen LogP contribution in [0.1, 0.15) is 23.8 Å². The summed E-state index contributed by atoms with van der Waals surface area (Å²) < 4.78 is 0. The molecule has 0 bridgehead atoms. The Balaban J connectivity index is 1.96. The topological polar surface area (TPSA) is 41.9 Å². The van der Waals surface area contributed by atoms with E-state index >= 15 is 0 Å². The Hall–Kier alpha value is -2.01. The number of rotatable bonds is 2. The van der Waals surface area contributed by atoms with Crippen LogP contribution in [-0.4, -0.2) is 29.0 Å². The number of nitrogens with zero attached hydrogens (tertiary/aromatic N) is 4. The maximum Gasteiger partial charge on any atom is 0.164 e. The molecule has 118 valence electrons. The van der Waals surface area contributed by atoms with Crippen LogP contribution in [-0.2, 0) is 12.8 Å². The minimum absolute atomic E-state index is 0.765. The van der Waals surface area contributed by atoms with Crippen molar-refractivity contribution >= 4 is 27.4 Å². The highest BCUT2D eigenvalue weighted by Crippen LogP contribution is 2.41. The van der Waals surface area contributed by atoms with Crippen LogP contribution < -0.4 is 4.90 Å². The van der Waals surface area contributed by atoms with Gasteiger partial charge < -0.3 is 4.90 Å². The molecular formula is C18H20N4S. The zero-order chi connectivity index (χ0) is 16.0. The minimum Gasteiger partial charge on any atom is -0.362 e. The molecular weight excluding hydrogens is 304 g/mol. The van der Waals surface area contributed by atoms with Gasteiger partial charge in [-0.15, -0.1) is 11.3 Å². The highest BCUT2D eigenvalue weighted by molar-refractivity contribution is 7.19. The lowest BCUT2D eigenvalue weighted by atomic mass is 9.89. The van der Waals surface area contributed by atoms with Gasteiger partial charge in [0, 0.05) is 36.9 Å². The Bertz CT molecular complexity index is 854. The van der Waals surface area contributed by atoms with Crippen LogP contribution in [0.4, 0.5) is 5.82 Å². The van der Waals surface area contributed by atoms with E-state index in [1.165, 1.54) is 28.7 Å². The average Bonchev–Trinajstić information content (AvgIpc) is 2.91. The summed E-state index contributed by atoms with van der Waals surface area (Å²) in [6.07, 6.45) is 7.19. The van der Waals surface area contributed by atoms with Crippen molar-refractivity contribution < 1.29 is 0 Å². The third kappa shape index (κ3) is 2.49. The first-order chi connectivity index (χ1) is 11.1. The second kappa shape index (κ2) is 5.57. The molecule has 4 rings (SSSR count). The quantitative estimate of drug-likeness (QED) is 0.716. The molecule has 3 heterocycles. The van der Waals surface area contributed by atoms with Gasteiger partial charge in [0.05, 0.1) is 5.39 Å². The predicted molar refractivity (Wildman–Crippen MR) is 96.2 cm³/mol. The van der Waals surface area contributed by atoms with Crippen LogP contribution >= 0.6 is 11.3 Å². The summed E-state index contributed by atoms with van der Waals surface area (Å²) in [6.45, 7) is 2.34. The van der Waals surface area contributed by atoms with Gasteiger partial charge in [-0.1, -0.05) is 6.92 Å². The summed E-state index contributed by atoms with van der Waals surface area (Å²) in [4.78, 5) is 18.6. The fourth-order valence-electron chi connectivity index (χ4n) is 3.27. The molecule has 0 aliphatic heterocycles. The van der Waals surface area contributed by atoms with E-state index in [9.17, 15) is 0 Å². The molecule has 1 aliphatic carbocycles. The van der Waals surface area contributed by atoms with Gasteiger partial charge in [0.25, 0.3) is 0 Å². The molecule has 4 nitrogen and oxygen atoms in total. The normalized spacial score (nSPS) is 17.3. The predicted octanol–water partition coefficient (Wildman–Crippen LogP) is 3.94. The Morgan fingerprint density at radius 3 is 2.87 bits per heavy atom. The van der Waals surface area contributed by atoms with Crippen LogP contribution in [0.15, 0.2) is 24.5 Å². The SMILES string of the molecule is C[C@@H]1CCc2c(sc3nc(-c4cccnc4)nc(N(C)C)c23)C1. The molecule has 23 heavy (non-hydrogen) atoms. The monoisotopic (exact) mass is 324 g/mol. The van der Waals surface area contributed by atoms with E-state index in [0.29, 0.717) is 0 Å². The van der Waals surface area contributed by atoms with E-state index in [2.05, 4.69) is 30.9 Å². The Kier molecular flexibility index (Phi) is 3.53. The standard InChI is InChI=1S/C18H20N4S/c1-11-6-7-13-14(9-11)23-18-15(13)17(22(2)3)20-16(21-18)12-5-4-8-19-10-12/h4-5,8,10-11H,6-7,9H2,1-3H3/t11-/m1/s1. The number of pyridine rings is 1. The Morgan fingerprint density at radius 2 is 2.13 bits per heavy atom. The molecule has 3 aromatic heterocycles. The fraction of sp³-hybridized carbons (Fsp3) is 0.389. The van der Waals surface area contributed by atoms with E-state index in [1.54, 1.807) is 6.20 Å². The first-order valence-corrected chi connectivity index (χ1v) is 8.85. The molecule has 3 aromatic rings.